The molecule has 5 nitrogen and oxygen atoms in total. The van der Waals surface area contributed by atoms with Gasteiger partial charge in [-0.25, -0.2) is 4.98 Å². The van der Waals surface area contributed by atoms with Crippen LogP contribution in [0.2, 0.25) is 0 Å². The molecule has 1 aromatic heterocycles. The second-order valence-electron chi connectivity index (χ2n) is 5.59. The van der Waals surface area contributed by atoms with Gasteiger partial charge in [-0.1, -0.05) is 0 Å². The summed E-state index contributed by atoms with van der Waals surface area (Å²) < 4.78 is 0. The van der Waals surface area contributed by atoms with Gasteiger partial charge in [0, 0.05) is 30.5 Å². The van der Waals surface area contributed by atoms with E-state index >= 15 is 0 Å². The minimum atomic E-state index is -0.203. The molecule has 124 valence electrons. The van der Waals surface area contributed by atoms with Crippen LogP contribution in [-0.4, -0.2) is 41.0 Å². The van der Waals surface area contributed by atoms with Gasteiger partial charge in [-0.05, 0) is 55.5 Å². The molecule has 2 heterocycles. The van der Waals surface area contributed by atoms with Crippen molar-refractivity contribution in [3.63, 3.8) is 0 Å². The van der Waals surface area contributed by atoms with Crippen LogP contribution in [0.5, 0.6) is 0 Å². The van der Waals surface area contributed by atoms with E-state index in [-0.39, 0.29) is 11.8 Å². The summed E-state index contributed by atoms with van der Waals surface area (Å²) in [5.74, 6) is -0.145. The van der Waals surface area contributed by atoms with Gasteiger partial charge in [0.2, 0.25) is 0 Å². The van der Waals surface area contributed by atoms with Crippen LogP contribution in [0.25, 0.3) is 0 Å². The Morgan fingerprint density at radius 3 is 2.50 bits per heavy atom. The lowest BCUT2D eigenvalue weighted by molar-refractivity contribution is 0.0792. The van der Waals surface area contributed by atoms with Crippen molar-refractivity contribution < 1.29 is 9.59 Å². The quantitative estimate of drug-likeness (QED) is 0.867. The molecule has 6 heteroatoms. The van der Waals surface area contributed by atoms with E-state index in [0.717, 1.165) is 25.9 Å². The molecule has 24 heavy (non-hydrogen) atoms. The molecular formula is C18H19N3O2S. The molecule has 1 aromatic carbocycles. The lowest BCUT2D eigenvalue weighted by Crippen LogP contribution is -2.27. The number of anilines is 1. The molecule has 0 radical (unpaired) electrons. The Balaban J connectivity index is 1.69. The summed E-state index contributed by atoms with van der Waals surface area (Å²) in [6.07, 6.45) is 5.70. The third kappa shape index (κ3) is 3.59. The monoisotopic (exact) mass is 341 g/mol. The van der Waals surface area contributed by atoms with Crippen molar-refractivity contribution in [2.45, 2.75) is 17.9 Å². The number of aromatic nitrogens is 1. The van der Waals surface area contributed by atoms with Gasteiger partial charge < -0.3 is 10.2 Å². The molecule has 1 saturated heterocycles. The van der Waals surface area contributed by atoms with Gasteiger partial charge in [-0.15, -0.1) is 11.8 Å². The van der Waals surface area contributed by atoms with Crippen LogP contribution in [-0.2, 0) is 0 Å². The zero-order valence-electron chi connectivity index (χ0n) is 13.5. The maximum absolute atomic E-state index is 12.4. The van der Waals surface area contributed by atoms with Crippen LogP contribution in [0.3, 0.4) is 0 Å². The van der Waals surface area contributed by atoms with Crippen molar-refractivity contribution in [3.05, 3.63) is 53.7 Å². The molecule has 3 rings (SSSR count). The molecule has 0 saturated carbocycles. The maximum atomic E-state index is 12.4. The van der Waals surface area contributed by atoms with E-state index in [2.05, 4.69) is 10.3 Å². The maximum Gasteiger partial charge on any atom is 0.258 e. The SMILES string of the molecule is CSc1ncccc1C(=O)Nc1ccc(C(=O)N2CCCC2)cc1. The lowest BCUT2D eigenvalue weighted by Gasteiger charge is -2.15. The topological polar surface area (TPSA) is 62.3 Å². The van der Waals surface area contributed by atoms with Crippen LogP contribution in [0.4, 0.5) is 5.69 Å². The molecule has 0 unspecified atom stereocenters. The summed E-state index contributed by atoms with van der Waals surface area (Å²) in [5, 5.41) is 3.54. The largest absolute Gasteiger partial charge is 0.339 e. The molecule has 1 aliphatic rings. The van der Waals surface area contributed by atoms with E-state index in [4.69, 9.17) is 0 Å². The summed E-state index contributed by atoms with van der Waals surface area (Å²) in [7, 11) is 0. The Morgan fingerprint density at radius 2 is 1.83 bits per heavy atom. The van der Waals surface area contributed by atoms with Crippen LogP contribution >= 0.6 is 11.8 Å². The van der Waals surface area contributed by atoms with E-state index in [1.165, 1.54) is 11.8 Å². The molecule has 2 amide bonds. The van der Waals surface area contributed by atoms with Crippen molar-refractivity contribution in [2.75, 3.05) is 24.7 Å². The molecule has 2 aromatic rings. The average molecular weight is 341 g/mol. The fourth-order valence-electron chi connectivity index (χ4n) is 2.72. The number of likely N-dealkylation sites (tertiary alicyclic amines) is 1. The normalized spacial score (nSPS) is 13.8. The van der Waals surface area contributed by atoms with Crippen molar-refractivity contribution in [1.82, 2.24) is 9.88 Å². The first-order valence-corrected chi connectivity index (χ1v) is 9.11. The third-order valence-corrected chi connectivity index (χ3v) is 4.70. The zero-order chi connectivity index (χ0) is 16.9. The summed E-state index contributed by atoms with van der Waals surface area (Å²) >= 11 is 1.43. The molecule has 1 aliphatic heterocycles. The lowest BCUT2D eigenvalue weighted by atomic mass is 10.1. The fourth-order valence-corrected chi connectivity index (χ4v) is 3.27. The number of amides is 2. The van der Waals surface area contributed by atoms with Gasteiger partial charge in [0.05, 0.1) is 5.56 Å². The molecule has 0 bridgehead atoms. The van der Waals surface area contributed by atoms with Gasteiger partial charge >= 0.3 is 0 Å². The average Bonchev–Trinajstić information content (AvgIpc) is 3.16. The Kier molecular flexibility index (Phi) is 5.15. The summed E-state index contributed by atoms with van der Waals surface area (Å²) in [4.78, 5) is 30.8. The van der Waals surface area contributed by atoms with Crippen LogP contribution in [0.15, 0.2) is 47.6 Å². The molecular weight excluding hydrogens is 322 g/mol. The minimum absolute atomic E-state index is 0.0577. The van der Waals surface area contributed by atoms with Crippen LogP contribution in [0.1, 0.15) is 33.6 Å². The first-order valence-electron chi connectivity index (χ1n) is 7.89. The Bertz CT molecular complexity index is 740. The van der Waals surface area contributed by atoms with E-state index in [1.54, 1.807) is 42.6 Å². The van der Waals surface area contributed by atoms with Crippen LogP contribution < -0.4 is 5.32 Å². The number of nitrogens with zero attached hydrogens (tertiary/aromatic N) is 2. The van der Waals surface area contributed by atoms with Gasteiger partial charge in [-0.2, -0.15) is 0 Å². The third-order valence-electron chi connectivity index (χ3n) is 3.99. The number of carbonyl (C=O) groups excluding carboxylic acids is 2. The van der Waals surface area contributed by atoms with Crippen molar-refractivity contribution in [1.29, 1.82) is 0 Å². The Labute approximate surface area is 145 Å². The Hall–Kier alpha value is -2.34. The zero-order valence-corrected chi connectivity index (χ0v) is 14.3. The highest BCUT2D eigenvalue weighted by atomic mass is 32.2. The number of carbonyl (C=O) groups is 2. The first-order chi connectivity index (χ1) is 11.7. The summed E-state index contributed by atoms with van der Waals surface area (Å²) in [6, 6.07) is 10.5. The highest BCUT2D eigenvalue weighted by molar-refractivity contribution is 7.98. The molecule has 0 atom stereocenters. The predicted molar refractivity (Wildman–Crippen MR) is 95.6 cm³/mol. The van der Waals surface area contributed by atoms with Gasteiger partial charge in [0.25, 0.3) is 11.8 Å². The minimum Gasteiger partial charge on any atom is -0.339 e. The standard InChI is InChI=1S/C18H19N3O2S/c1-24-17-15(5-4-10-19-17)16(22)20-14-8-6-13(7-9-14)18(23)21-11-2-3-12-21/h4-10H,2-3,11-12H2,1H3,(H,20,22). The van der Waals surface area contributed by atoms with Gasteiger partial charge in [0.15, 0.2) is 0 Å². The van der Waals surface area contributed by atoms with E-state index in [1.807, 2.05) is 11.2 Å². The van der Waals surface area contributed by atoms with E-state index in [0.29, 0.717) is 21.8 Å². The summed E-state index contributed by atoms with van der Waals surface area (Å²) in [5.41, 5.74) is 1.86. The second kappa shape index (κ2) is 7.49. The predicted octanol–water partition coefficient (Wildman–Crippen LogP) is 3.29. The number of hydrogen-bond donors (Lipinski definition) is 1. The van der Waals surface area contributed by atoms with Crippen molar-refractivity contribution >= 4 is 29.3 Å². The molecule has 1 N–H and O–H groups in total. The van der Waals surface area contributed by atoms with Crippen molar-refractivity contribution in [3.8, 4) is 0 Å². The smallest absolute Gasteiger partial charge is 0.258 e. The van der Waals surface area contributed by atoms with E-state index in [9.17, 15) is 9.59 Å². The van der Waals surface area contributed by atoms with Crippen molar-refractivity contribution in [2.24, 2.45) is 0 Å². The highest BCUT2D eigenvalue weighted by Crippen LogP contribution is 2.19. The highest BCUT2D eigenvalue weighted by Gasteiger charge is 2.19. The van der Waals surface area contributed by atoms with E-state index < -0.39 is 0 Å². The number of nitrogens with one attached hydrogen (secondary N) is 1. The number of rotatable bonds is 4. The fraction of sp³-hybridized carbons (Fsp3) is 0.278. The van der Waals surface area contributed by atoms with Gasteiger partial charge in [0.1, 0.15) is 5.03 Å². The second-order valence-corrected chi connectivity index (χ2v) is 6.39. The van der Waals surface area contributed by atoms with Crippen LogP contribution in [0, 0.1) is 0 Å². The van der Waals surface area contributed by atoms with Gasteiger partial charge in [-0.3, -0.25) is 9.59 Å². The molecule has 0 aliphatic carbocycles. The first kappa shape index (κ1) is 16.5. The molecule has 0 spiro atoms. The number of thioether (sulfide) groups is 1. The number of pyridine rings is 1. The Morgan fingerprint density at radius 1 is 1.12 bits per heavy atom. The summed E-state index contributed by atoms with van der Waals surface area (Å²) in [6.45, 7) is 1.66. The number of benzene rings is 1. The number of hydrogen-bond acceptors (Lipinski definition) is 4. The molecule has 1 fully saturated rings.